The highest BCUT2D eigenvalue weighted by Crippen LogP contribution is 2.23. The molecular weight excluding hydrogens is 398 g/mol. The molecule has 0 aliphatic heterocycles. The molecule has 8 heteroatoms. The monoisotopic (exact) mass is 435 g/mol. The molecule has 174 valence electrons. The number of nitrogens with one attached hydrogen (secondary N) is 2. The van der Waals surface area contributed by atoms with Crippen LogP contribution < -0.4 is 10.6 Å². The molecular formula is C23H37N3O5. The van der Waals surface area contributed by atoms with Crippen molar-refractivity contribution in [1.29, 1.82) is 0 Å². The fraction of sp³-hybridized carbons (Fsp3) is 0.609. The number of amides is 3. The van der Waals surface area contributed by atoms with Crippen LogP contribution in [0, 0.1) is 6.92 Å². The van der Waals surface area contributed by atoms with Crippen LogP contribution in [0.2, 0.25) is 0 Å². The second-order valence-corrected chi connectivity index (χ2v) is 8.58. The fourth-order valence-corrected chi connectivity index (χ4v) is 3.07. The van der Waals surface area contributed by atoms with Gasteiger partial charge in [0, 0.05) is 13.1 Å². The molecule has 0 aliphatic rings. The number of nitrogens with zero attached hydrogens (tertiary/aromatic N) is 1. The molecule has 0 bridgehead atoms. The lowest BCUT2D eigenvalue weighted by Crippen LogP contribution is -2.52. The Morgan fingerprint density at radius 3 is 2.45 bits per heavy atom. The van der Waals surface area contributed by atoms with Gasteiger partial charge in [-0.25, -0.2) is 4.79 Å². The Hall–Kier alpha value is -2.61. The van der Waals surface area contributed by atoms with Crippen molar-refractivity contribution in [2.45, 2.75) is 72.1 Å². The summed E-state index contributed by atoms with van der Waals surface area (Å²) >= 11 is 0. The first-order chi connectivity index (χ1) is 14.5. The van der Waals surface area contributed by atoms with Crippen LogP contribution >= 0.6 is 0 Å². The van der Waals surface area contributed by atoms with Gasteiger partial charge >= 0.3 is 6.09 Å². The Bertz CT molecular complexity index is 745. The van der Waals surface area contributed by atoms with Crippen LogP contribution in [0.15, 0.2) is 24.3 Å². The molecule has 0 heterocycles. The number of hydrogen-bond donors (Lipinski definition) is 3. The number of aliphatic hydroxyl groups excluding tert-OH is 1. The highest BCUT2D eigenvalue weighted by Gasteiger charge is 2.34. The number of carbonyl (C=O) groups is 3. The number of aryl methyl sites for hydroxylation is 1. The van der Waals surface area contributed by atoms with E-state index >= 15 is 0 Å². The molecule has 3 N–H and O–H groups in total. The topological polar surface area (TPSA) is 108 Å². The van der Waals surface area contributed by atoms with Gasteiger partial charge in [0.05, 0.1) is 6.61 Å². The highest BCUT2D eigenvalue weighted by molar-refractivity contribution is 5.92. The predicted molar refractivity (Wildman–Crippen MR) is 119 cm³/mol. The van der Waals surface area contributed by atoms with Crippen LogP contribution in [0.1, 0.15) is 64.6 Å². The van der Waals surface area contributed by atoms with E-state index in [-0.39, 0.29) is 19.1 Å². The summed E-state index contributed by atoms with van der Waals surface area (Å²) in [4.78, 5) is 39.7. The van der Waals surface area contributed by atoms with Crippen LogP contribution in [-0.4, -0.2) is 59.3 Å². The van der Waals surface area contributed by atoms with Crippen LogP contribution in [-0.2, 0) is 14.3 Å². The zero-order valence-corrected chi connectivity index (χ0v) is 19.5. The van der Waals surface area contributed by atoms with Gasteiger partial charge in [0.2, 0.25) is 11.8 Å². The lowest BCUT2D eigenvalue weighted by atomic mass is 10.0. The number of benzene rings is 1. The lowest BCUT2D eigenvalue weighted by Gasteiger charge is -2.33. The van der Waals surface area contributed by atoms with Crippen LogP contribution in [0.25, 0.3) is 0 Å². The summed E-state index contributed by atoms with van der Waals surface area (Å²) in [7, 11) is 0. The molecule has 1 aromatic rings. The summed E-state index contributed by atoms with van der Waals surface area (Å²) < 4.78 is 5.22. The predicted octanol–water partition coefficient (Wildman–Crippen LogP) is 2.69. The fourth-order valence-electron chi connectivity index (χ4n) is 3.07. The highest BCUT2D eigenvalue weighted by atomic mass is 16.6. The Kier molecular flexibility index (Phi) is 10.5. The van der Waals surface area contributed by atoms with E-state index in [1.165, 1.54) is 11.8 Å². The van der Waals surface area contributed by atoms with Gasteiger partial charge in [-0.1, -0.05) is 43.2 Å². The number of hydrogen-bond acceptors (Lipinski definition) is 5. The Balaban J connectivity index is 3.17. The summed E-state index contributed by atoms with van der Waals surface area (Å²) in [5, 5.41) is 15.0. The number of alkyl carbamates (subject to hydrolysis) is 1. The minimum atomic E-state index is -0.947. The van der Waals surface area contributed by atoms with Gasteiger partial charge in [0.1, 0.15) is 17.7 Å². The molecule has 2 atom stereocenters. The SMILES string of the molecule is CCCCNC(=O)C(c1cccc(C)c1)N(CCO)C(=O)C(C)NC(=O)OC(C)(C)C. The molecule has 1 aromatic carbocycles. The maximum Gasteiger partial charge on any atom is 0.408 e. The van der Waals surface area contributed by atoms with E-state index in [9.17, 15) is 19.5 Å². The summed E-state index contributed by atoms with van der Waals surface area (Å²) in [6.45, 7) is 10.7. The third-order valence-corrected chi connectivity index (χ3v) is 4.48. The third kappa shape index (κ3) is 8.96. The van der Waals surface area contributed by atoms with Crippen molar-refractivity contribution in [2.75, 3.05) is 19.7 Å². The van der Waals surface area contributed by atoms with Crippen molar-refractivity contribution in [3.8, 4) is 0 Å². The van der Waals surface area contributed by atoms with Gasteiger partial charge in [-0.15, -0.1) is 0 Å². The van der Waals surface area contributed by atoms with Crippen molar-refractivity contribution >= 4 is 17.9 Å². The minimum absolute atomic E-state index is 0.0566. The van der Waals surface area contributed by atoms with Gasteiger partial charge in [0.25, 0.3) is 0 Å². The van der Waals surface area contributed by atoms with E-state index < -0.39 is 29.7 Å². The summed E-state index contributed by atoms with van der Waals surface area (Å²) in [6.07, 6.45) is 1.01. The Morgan fingerprint density at radius 1 is 1.23 bits per heavy atom. The first kappa shape index (κ1) is 26.4. The molecule has 0 spiro atoms. The second-order valence-electron chi connectivity index (χ2n) is 8.58. The van der Waals surface area contributed by atoms with Crippen molar-refractivity contribution in [1.82, 2.24) is 15.5 Å². The summed E-state index contributed by atoms with van der Waals surface area (Å²) in [5.74, 6) is -0.817. The Morgan fingerprint density at radius 2 is 1.90 bits per heavy atom. The van der Waals surface area contributed by atoms with E-state index in [0.29, 0.717) is 12.1 Å². The minimum Gasteiger partial charge on any atom is -0.444 e. The largest absolute Gasteiger partial charge is 0.444 e. The van der Waals surface area contributed by atoms with E-state index in [1.807, 2.05) is 32.0 Å². The van der Waals surface area contributed by atoms with Gasteiger partial charge < -0.3 is 25.4 Å². The molecule has 31 heavy (non-hydrogen) atoms. The van der Waals surface area contributed by atoms with Gasteiger partial charge in [-0.2, -0.15) is 0 Å². The number of aliphatic hydroxyl groups is 1. The molecule has 8 nitrogen and oxygen atoms in total. The maximum atomic E-state index is 13.2. The standard InChI is InChI=1S/C23H37N3O5/c1-7-8-12-24-20(28)19(18-11-9-10-16(2)15-18)26(13-14-27)21(29)17(3)25-22(30)31-23(4,5)6/h9-11,15,17,19,27H,7-8,12-14H2,1-6H3,(H,24,28)(H,25,30). The van der Waals surface area contributed by atoms with E-state index in [2.05, 4.69) is 10.6 Å². The first-order valence-corrected chi connectivity index (χ1v) is 10.7. The normalized spacial score (nSPS) is 13.1. The zero-order chi connectivity index (χ0) is 23.6. The molecule has 0 saturated carbocycles. The Labute approximate surface area is 185 Å². The molecule has 0 aromatic heterocycles. The van der Waals surface area contributed by atoms with Crippen molar-refractivity contribution < 1.29 is 24.2 Å². The lowest BCUT2D eigenvalue weighted by molar-refractivity contribution is -0.142. The molecule has 0 fully saturated rings. The van der Waals surface area contributed by atoms with Gasteiger partial charge in [-0.3, -0.25) is 9.59 Å². The second kappa shape index (κ2) is 12.3. The number of rotatable bonds is 10. The molecule has 3 amide bonds. The molecule has 0 saturated heterocycles. The zero-order valence-electron chi connectivity index (χ0n) is 19.5. The van der Waals surface area contributed by atoms with Crippen LogP contribution in [0.4, 0.5) is 4.79 Å². The molecule has 0 aliphatic carbocycles. The summed E-state index contributed by atoms with van der Waals surface area (Å²) in [6, 6.07) is 5.46. The van der Waals surface area contributed by atoms with E-state index in [4.69, 9.17) is 4.74 Å². The van der Waals surface area contributed by atoms with Crippen molar-refractivity contribution in [3.63, 3.8) is 0 Å². The molecule has 0 radical (unpaired) electrons. The third-order valence-electron chi connectivity index (χ3n) is 4.48. The van der Waals surface area contributed by atoms with E-state index in [1.54, 1.807) is 26.8 Å². The van der Waals surface area contributed by atoms with E-state index in [0.717, 1.165) is 18.4 Å². The first-order valence-electron chi connectivity index (χ1n) is 10.7. The van der Waals surface area contributed by atoms with Crippen LogP contribution in [0.5, 0.6) is 0 Å². The average molecular weight is 436 g/mol. The van der Waals surface area contributed by atoms with Crippen molar-refractivity contribution in [2.24, 2.45) is 0 Å². The maximum absolute atomic E-state index is 13.2. The summed E-state index contributed by atoms with van der Waals surface area (Å²) in [5.41, 5.74) is 0.876. The quantitative estimate of drug-likeness (QED) is 0.490. The molecule has 2 unspecified atom stereocenters. The number of unbranched alkanes of at least 4 members (excludes halogenated alkanes) is 1. The van der Waals surface area contributed by atoms with Gasteiger partial charge in [0.15, 0.2) is 0 Å². The van der Waals surface area contributed by atoms with Crippen LogP contribution in [0.3, 0.4) is 0 Å². The van der Waals surface area contributed by atoms with Crippen molar-refractivity contribution in [3.05, 3.63) is 35.4 Å². The number of ether oxygens (including phenoxy) is 1. The number of carbonyl (C=O) groups excluding carboxylic acids is 3. The average Bonchev–Trinajstić information content (AvgIpc) is 2.65. The smallest absolute Gasteiger partial charge is 0.408 e. The molecule has 1 rings (SSSR count). The van der Waals surface area contributed by atoms with Gasteiger partial charge in [-0.05, 0) is 46.6 Å².